The molecule has 0 spiro atoms. The second kappa shape index (κ2) is 22.0. The van der Waals surface area contributed by atoms with Crippen LogP contribution in [0.25, 0.3) is 10.4 Å². The van der Waals surface area contributed by atoms with E-state index >= 15 is 0 Å². The van der Waals surface area contributed by atoms with Gasteiger partial charge in [0, 0.05) is 24.7 Å². The molecule has 8 atom stereocenters. The summed E-state index contributed by atoms with van der Waals surface area (Å²) in [6.07, 6.45) is -5.92. The zero-order chi connectivity index (χ0) is 34.8. The van der Waals surface area contributed by atoms with E-state index in [0.717, 1.165) is 12.8 Å². The quantitative estimate of drug-likeness (QED) is 0.0291. The Morgan fingerprint density at radius 3 is 2.09 bits per heavy atom. The maximum atomic E-state index is 12.5. The molecule has 0 radical (unpaired) electrons. The zero-order valence-corrected chi connectivity index (χ0v) is 28.0. The fraction of sp³-hybridized carbons (Fsp3) is 0.960. The summed E-state index contributed by atoms with van der Waals surface area (Å²) in [5.74, 6) is -1.54. The van der Waals surface area contributed by atoms with Crippen molar-refractivity contribution in [2.24, 2.45) is 5.11 Å². The molecule has 0 aromatic carbocycles. The second-order valence-corrected chi connectivity index (χ2v) is 12.5. The number of nitrogens with zero attached hydrogens (tertiary/aromatic N) is 3. The summed E-state index contributed by atoms with van der Waals surface area (Å²) in [6.45, 7) is 5.58. The van der Waals surface area contributed by atoms with Crippen molar-refractivity contribution >= 4 is 26.8 Å². The SMILES string of the molecule is CCCCOC1[C@@H](OC(COS(=O)(=O)O)OC(C(=O)O)[C@@H](OCCCC)[C@H](C)OCCCC)C(COS(=O)(=O)O)OC[C@H]1N=[N+]=[N-]. The number of carboxylic acids is 1. The molecule has 21 heteroatoms. The highest BCUT2D eigenvalue weighted by Gasteiger charge is 2.45. The van der Waals surface area contributed by atoms with Gasteiger partial charge in [-0.15, -0.1) is 0 Å². The van der Waals surface area contributed by atoms with Crippen LogP contribution in [-0.2, 0) is 62.4 Å². The first-order valence-corrected chi connectivity index (χ1v) is 17.7. The predicted molar refractivity (Wildman–Crippen MR) is 158 cm³/mol. The lowest BCUT2D eigenvalue weighted by atomic mass is 9.98. The summed E-state index contributed by atoms with van der Waals surface area (Å²) in [4.78, 5) is 15.3. The Kier molecular flexibility index (Phi) is 20.2. The molecule has 19 nitrogen and oxygen atoms in total. The minimum atomic E-state index is -5.11. The van der Waals surface area contributed by atoms with E-state index in [9.17, 15) is 31.3 Å². The van der Waals surface area contributed by atoms with Crippen molar-refractivity contribution < 1.29 is 72.6 Å². The van der Waals surface area contributed by atoms with Gasteiger partial charge in [-0.05, 0) is 31.7 Å². The van der Waals surface area contributed by atoms with E-state index in [1.165, 1.54) is 0 Å². The number of ether oxygens (including phenoxy) is 6. The number of carboxylic acid groups (broad SMARTS) is 1. The Morgan fingerprint density at radius 2 is 1.54 bits per heavy atom. The Bertz CT molecular complexity index is 1140. The Hall–Kier alpha value is -1.72. The molecule has 0 saturated carbocycles. The number of unbranched alkanes of at least 4 members (excludes halogenated alkanes) is 3. The molecule has 3 N–H and O–H groups in total. The Morgan fingerprint density at radius 1 is 0.957 bits per heavy atom. The minimum absolute atomic E-state index is 0.106. The van der Waals surface area contributed by atoms with Gasteiger partial charge < -0.3 is 33.5 Å². The number of aliphatic carboxylic acids is 1. The Labute approximate surface area is 269 Å². The standard InChI is InChI=1S/C25H47N3O16S2/c1-5-8-11-37-17(4)21(38-12-9-6-2)24(25(29)30)44-20(16-42-46(34,35)36)43-23-19(15-41-45(31,32)33)40-14-18(27-28-26)22(23)39-13-10-7-3/h17-24H,5-16H2,1-4H3,(H,29,30)(H,31,32,33)(H,34,35,36)/t17-,18+,19?,20?,21-,22?,23-,24?/m0/s1. The summed E-state index contributed by atoms with van der Waals surface area (Å²) in [6, 6.07) is -1.07. The van der Waals surface area contributed by atoms with Crippen LogP contribution in [0, 0.1) is 0 Å². The molecule has 0 aliphatic carbocycles. The van der Waals surface area contributed by atoms with E-state index in [0.29, 0.717) is 25.7 Å². The molecule has 0 aromatic heterocycles. The summed E-state index contributed by atoms with van der Waals surface area (Å²) in [5, 5.41) is 13.8. The molecule has 270 valence electrons. The third-order valence-corrected chi connectivity index (χ3v) is 7.46. The summed E-state index contributed by atoms with van der Waals surface area (Å²) >= 11 is 0. The monoisotopic (exact) mass is 709 g/mol. The fourth-order valence-electron chi connectivity index (χ4n) is 4.25. The topological polar surface area (TPSA) is 269 Å². The van der Waals surface area contributed by atoms with Gasteiger partial charge in [-0.1, -0.05) is 45.1 Å². The molecule has 1 aliphatic rings. The van der Waals surface area contributed by atoms with Crippen LogP contribution in [0.15, 0.2) is 5.11 Å². The van der Waals surface area contributed by atoms with E-state index in [1.54, 1.807) is 6.92 Å². The molecule has 1 heterocycles. The first kappa shape index (κ1) is 42.3. The van der Waals surface area contributed by atoms with Gasteiger partial charge in [-0.3, -0.25) is 9.11 Å². The van der Waals surface area contributed by atoms with E-state index in [1.807, 2.05) is 20.8 Å². The van der Waals surface area contributed by atoms with Crippen LogP contribution >= 0.6 is 0 Å². The number of carbonyl (C=O) groups is 1. The third kappa shape index (κ3) is 16.9. The largest absolute Gasteiger partial charge is 0.479 e. The fourth-order valence-corrected chi connectivity index (χ4v) is 4.84. The zero-order valence-electron chi connectivity index (χ0n) is 26.4. The highest BCUT2D eigenvalue weighted by atomic mass is 32.3. The minimum Gasteiger partial charge on any atom is -0.479 e. The van der Waals surface area contributed by atoms with Crippen molar-refractivity contribution in [1.82, 2.24) is 0 Å². The van der Waals surface area contributed by atoms with Crippen LogP contribution < -0.4 is 0 Å². The number of hydrogen-bond donors (Lipinski definition) is 3. The van der Waals surface area contributed by atoms with Crippen LogP contribution in [0.4, 0.5) is 0 Å². The molecule has 1 rings (SSSR count). The molecule has 1 saturated heterocycles. The molecule has 0 aromatic rings. The summed E-state index contributed by atoms with van der Waals surface area (Å²) < 4.78 is 108. The number of azide groups is 1. The first-order chi connectivity index (χ1) is 21.7. The van der Waals surface area contributed by atoms with Crippen LogP contribution in [0.5, 0.6) is 0 Å². The van der Waals surface area contributed by atoms with E-state index in [4.69, 9.17) is 38.5 Å². The van der Waals surface area contributed by atoms with E-state index in [2.05, 4.69) is 18.4 Å². The molecule has 0 amide bonds. The summed E-state index contributed by atoms with van der Waals surface area (Å²) in [7, 11) is -10.1. The van der Waals surface area contributed by atoms with Crippen molar-refractivity contribution in [2.45, 2.75) is 115 Å². The molecular weight excluding hydrogens is 662 g/mol. The number of rotatable bonds is 26. The van der Waals surface area contributed by atoms with Crippen LogP contribution in [0.2, 0.25) is 0 Å². The number of hydrogen-bond acceptors (Lipinski definition) is 14. The molecular formula is C25H47N3O16S2. The van der Waals surface area contributed by atoms with Gasteiger partial charge in [-0.2, -0.15) is 16.8 Å². The molecule has 1 aliphatic heterocycles. The molecule has 4 unspecified atom stereocenters. The van der Waals surface area contributed by atoms with Crippen molar-refractivity contribution in [3.05, 3.63) is 10.4 Å². The third-order valence-electron chi connectivity index (χ3n) is 6.59. The normalized spacial score (nSPS) is 23.3. The van der Waals surface area contributed by atoms with Gasteiger partial charge in [0.2, 0.25) is 0 Å². The van der Waals surface area contributed by atoms with E-state index < -0.39 is 88.9 Å². The van der Waals surface area contributed by atoms with Crippen LogP contribution in [-0.4, -0.2) is 126 Å². The lowest BCUT2D eigenvalue weighted by Crippen LogP contribution is -2.58. The second-order valence-electron chi connectivity index (χ2n) is 10.3. The highest BCUT2D eigenvalue weighted by molar-refractivity contribution is 7.81. The lowest BCUT2D eigenvalue weighted by molar-refractivity contribution is -0.280. The average molecular weight is 710 g/mol. The van der Waals surface area contributed by atoms with Crippen LogP contribution in [0.1, 0.15) is 66.2 Å². The van der Waals surface area contributed by atoms with Crippen molar-refractivity contribution in [3.63, 3.8) is 0 Å². The van der Waals surface area contributed by atoms with Crippen molar-refractivity contribution in [2.75, 3.05) is 39.6 Å². The average Bonchev–Trinajstić information content (AvgIpc) is 2.97. The molecule has 1 fully saturated rings. The maximum absolute atomic E-state index is 12.5. The molecule has 0 bridgehead atoms. The first-order valence-electron chi connectivity index (χ1n) is 14.9. The summed E-state index contributed by atoms with van der Waals surface area (Å²) in [5.41, 5.74) is 9.12. The highest BCUT2D eigenvalue weighted by Crippen LogP contribution is 2.28. The Balaban J connectivity index is 3.55. The van der Waals surface area contributed by atoms with Gasteiger partial charge in [0.05, 0.1) is 31.5 Å². The van der Waals surface area contributed by atoms with Gasteiger partial charge in [0.15, 0.2) is 12.4 Å². The van der Waals surface area contributed by atoms with Gasteiger partial charge in [0.1, 0.15) is 24.9 Å². The smallest absolute Gasteiger partial charge is 0.397 e. The van der Waals surface area contributed by atoms with Gasteiger partial charge in [-0.25, -0.2) is 13.2 Å². The van der Waals surface area contributed by atoms with Gasteiger partial charge >= 0.3 is 26.8 Å². The molecule has 46 heavy (non-hydrogen) atoms. The van der Waals surface area contributed by atoms with E-state index in [-0.39, 0.29) is 26.4 Å². The van der Waals surface area contributed by atoms with Crippen LogP contribution in [0.3, 0.4) is 0 Å². The predicted octanol–water partition coefficient (Wildman–Crippen LogP) is 2.46. The maximum Gasteiger partial charge on any atom is 0.397 e. The van der Waals surface area contributed by atoms with Crippen molar-refractivity contribution in [1.29, 1.82) is 0 Å². The van der Waals surface area contributed by atoms with Gasteiger partial charge in [0.25, 0.3) is 0 Å². The lowest BCUT2D eigenvalue weighted by Gasteiger charge is -2.42. The van der Waals surface area contributed by atoms with Crippen molar-refractivity contribution in [3.8, 4) is 0 Å².